The molecule has 1 aliphatic heterocycles. The van der Waals surface area contributed by atoms with E-state index in [0.29, 0.717) is 41.4 Å². The molecule has 0 amide bonds. The number of aromatic nitrogens is 7. The van der Waals surface area contributed by atoms with E-state index >= 15 is 0 Å². The summed E-state index contributed by atoms with van der Waals surface area (Å²) in [5.41, 5.74) is 2.02. The van der Waals surface area contributed by atoms with Crippen molar-refractivity contribution in [3.05, 3.63) is 60.4 Å². The largest absolute Gasteiger partial charge is 0.504 e. The van der Waals surface area contributed by atoms with Crippen molar-refractivity contribution in [2.45, 2.75) is 50.1 Å². The molecule has 0 spiro atoms. The molecule has 7 rings (SSSR count). The highest BCUT2D eigenvalue weighted by Gasteiger charge is 2.38. The lowest BCUT2D eigenvalue weighted by Gasteiger charge is -2.34. The molecule has 0 bridgehead atoms. The van der Waals surface area contributed by atoms with E-state index < -0.39 is 21.6 Å². The number of hydrogen-bond acceptors (Lipinski definition) is 9. The molecule has 2 saturated carbocycles. The number of nitrogens with one attached hydrogen (secondary N) is 1. The quantitative estimate of drug-likeness (QED) is 0.296. The molecule has 5 heterocycles. The number of hydrogen-bond donors (Lipinski definition) is 1. The molecule has 11 nitrogen and oxygen atoms in total. The van der Waals surface area contributed by atoms with Gasteiger partial charge in [-0.3, -0.25) is 0 Å². The van der Waals surface area contributed by atoms with Crippen molar-refractivity contribution >= 4 is 27.3 Å². The summed E-state index contributed by atoms with van der Waals surface area (Å²) in [5, 5.41) is 10.2. The maximum atomic E-state index is 13.0. The van der Waals surface area contributed by atoms with Crippen LogP contribution < -0.4 is 10.2 Å². The summed E-state index contributed by atoms with van der Waals surface area (Å²) in [6.45, 7) is 1.69. The van der Waals surface area contributed by atoms with Gasteiger partial charge in [0.2, 0.25) is 0 Å². The number of rotatable bonds is 7. The fraction of sp³-hybridized carbons (Fsp3) is 0.414. The molecule has 4 aromatic rings. The number of alkyl halides is 3. The zero-order valence-electron chi connectivity index (χ0n) is 23.4. The number of pyridine rings is 1. The molecule has 0 radical (unpaired) electrons. The van der Waals surface area contributed by atoms with Crippen LogP contribution >= 0.6 is 0 Å². The Kier molecular flexibility index (Phi) is 7.03. The second-order valence-corrected chi connectivity index (χ2v) is 13.4. The van der Waals surface area contributed by atoms with E-state index in [4.69, 9.17) is 0 Å². The third-order valence-corrected chi connectivity index (χ3v) is 10.2. The fourth-order valence-electron chi connectivity index (χ4n) is 5.49. The van der Waals surface area contributed by atoms with Gasteiger partial charge in [-0.15, -0.1) is 13.2 Å². The van der Waals surface area contributed by atoms with Gasteiger partial charge in [-0.25, -0.2) is 23.4 Å². The molecule has 0 atom stereocenters. The molecular formula is C29H28F3N9O2S. The zero-order chi connectivity index (χ0) is 30.5. The number of nitrogens with zero attached hydrogens (tertiary/aromatic N) is 8. The van der Waals surface area contributed by atoms with Crippen LogP contribution in [0.4, 0.5) is 30.5 Å². The van der Waals surface area contributed by atoms with Gasteiger partial charge in [-0.1, -0.05) is 11.8 Å². The first-order valence-corrected chi connectivity index (χ1v) is 15.9. The first-order valence-electron chi connectivity index (χ1n) is 14.4. The molecule has 2 aliphatic carbocycles. The number of halogens is 3. The van der Waals surface area contributed by atoms with Gasteiger partial charge in [-0.05, 0) is 56.4 Å². The minimum absolute atomic E-state index is 0.0706. The second kappa shape index (κ2) is 10.9. The van der Waals surface area contributed by atoms with Gasteiger partial charge < -0.3 is 10.2 Å². The third kappa shape index (κ3) is 5.99. The Hall–Kier alpha value is -4.45. The Morgan fingerprint density at radius 1 is 0.886 bits per heavy atom. The molecule has 1 saturated heterocycles. The van der Waals surface area contributed by atoms with E-state index in [1.807, 2.05) is 6.07 Å². The van der Waals surface area contributed by atoms with Gasteiger partial charge in [0.15, 0.2) is 5.82 Å². The van der Waals surface area contributed by atoms with Gasteiger partial charge in [0.25, 0.3) is 10.0 Å². The fourth-order valence-corrected chi connectivity index (χ4v) is 6.97. The van der Waals surface area contributed by atoms with Gasteiger partial charge in [-0.2, -0.15) is 19.0 Å². The SMILES string of the molecule is O=S(=O)(C1CC1)n1cc(-c2nccc(Nc3cc(N4CCC(C5CC5)CC4)c(C#Cc4cnn(C(F)(F)F)c4)cn3)n2)cn1. The van der Waals surface area contributed by atoms with Crippen LogP contribution in [-0.2, 0) is 16.3 Å². The highest BCUT2D eigenvalue weighted by Crippen LogP contribution is 2.42. The van der Waals surface area contributed by atoms with E-state index in [1.54, 1.807) is 18.5 Å². The van der Waals surface area contributed by atoms with Crippen molar-refractivity contribution in [3.8, 4) is 23.2 Å². The van der Waals surface area contributed by atoms with Crippen LogP contribution in [0, 0.1) is 23.7 Å². The van der Waals surface area contributed by atoms with Crippen LogP contribution in [0.25, 0.3) is 11.4 Å². The molecule has 4 aromatic heterocycles. The van der Waals surface area contributed by atoms with Gasteiger partial charge in [0.1, 0.15) is 11.6 Å². The summed E-state index contributed by atoms with van der Waals surface area (Å²) in [7, 11) is -3.51. The van der Waals surface area contributed by atoms with Crippen molar-refractivity contribution in [1.82, 2.24) is 33.9 Å². The van der Waals surface area contributed by atoms with Crippen molar-refractivity contribution in [2.24, 2.45) is 11.8 Å². The molecule has 0 unspecified atom stereocenters. The predicted octanol–water partition coefficient (Wildman–Crippen LogP) is 4.52. The summed E-state index contributed by atoms with van der Waals surface area (Å²) < 4.78 is 64.9. The standard InChI is InChI=1S/C29H28F3N9O2S/c30-29(31,32)40-17-19(14-35-40)1-2-22-15-34-27(13-25(22)39-11-8-21(9-12-39)20-3-4-20)37-26-7-10-33-28(38-26)23-16-36-41(18-23)44(42,43)24-5-6-24/h7,10,13-18,20-21,24H,3-6,8-9,11-12H2,(H,33,34,37,38). The van der Waals surface area contributed by atoms with Crippen LogP contribution in [0.1, 0.15) is 49.7 Å². The molecule has 0 aromatic carbocycles. The first-order chi connectivity index (χ1) is 21.1. The highest BCUT2D eigenvalue weighted by molar-refractivity contribution is 7.90. The Labute approximate surface area is 251 Å². The van der Waals surface area contributed by atoms with Crippen LogP contribution in [0.5, 0.6) is 0 Å². The Balaban J connectivity index is 1.14. The van der Waals surface area contributed by atoms with E-state index in [0.717, 1.165) is 59.9 Å². The monoisotopic (exact) mass is 623 g/mol. The van der Waals surface area contributed by atoms with E-state index in [9.17, 15) is 21.6 Å². The summed E-state index contributed by atoms with van der Waals surface area (Å²) in [6, 6.07) is 3.53. The molecule has 15 heteroatoms. The van der Waals surface area contributed by atoms with Crippen LogP contribution in [0.3, 0.4) is 0 Å². The van der Waals surface area contributed by atoms with Crippen molar-refractivity contribution < 1.29 is 21.6 Å². The van der Waals surface area contributed by atoms with Crippen molar-refractivity contribution in [2.75, 3.05) is 23.3 Å². The Morgan fingerprint density at radius 3 is 2.36 bits per heavy atom. The molecule has 44 heavy (non-hydrogen) atoms. The molecule has 3 fully saturated rings. The third-order valence-electron chi connectivity index (χ3n) is 8.17. The molecule has 228 valence electrons. The minimum atomic E-state index is -4.61. The van der Waals surface area contributed by atoms with E-state index in [2.05, 4.69) is 47.2 Å². The predicted molar refractivity (Wildman–Crippen MR) is 155 cm³/mol. The Morgan fingerprint density at radius 2 is 1.66 bits per heavy atom. The minimum Gasteiger partial charge on any atom is -0.370 e. The van der Waals surface area contributed by atoms with Gasteiger partial charge in [0, 0.05) is 37.7 Å². The lowest BCUT2D eigenvalue weighted by Crippen LogP contribution is -2.34. The average molecular weight is 624 g/mol. The van der Waals surface area contributed by atoms with Crippen LogP contribution in [-0.4, -0.2) is 60.7 Å². The lowest BCUT2D eigenvalue weighted by atomic mass is 9.91. The Bertz CT molecular complexity index is 1860. The van der Waals surface area contributed by atoms with Crippen molar-refractivity contribution in [3.63, 3.8) is 0 Å². The van der Waals surface area contributed by atoms with Crippen molar-refractivity contribution in [1.29, 1.82) is 0 Å². The molecule has 1 N–H and O–H groups in total. The summed E-state index contributed by atoms with van der Waals surface area (Å²) in [5.74, 6) is 8.58. The molecule has 3 aliphatic rings. The smallest absolute Gasteiger partial charge is 0.370 e. The van der Waals surface area contributed by atoms with Gasteiger partial charge in [0.05, 0.1) is 46.2 Å². The lowest BCUT2D eigenvalue weighted by molar-refractivity contribution is -0.212. The maximum absolute atomic E-state index is 13.0. The maximum Gasteiger partial charge on any atom is 0.504 e. The zero-order valence-corrected chi connectivity index (χ0v) is 24.3. The van der Waals surface area contributed by atoms with E-state index in [1.165, 1.54) is 25.2 Å². The number of anilines is 3. The summed E-state index contributed by atoms with van der Waals surface area (Å²) in [6.07, 6.45) is 9.33. The summed E-state index contributed by atoms with van der Waals surface area (Å²) in [4.78, 5) is 15.6. The van der Waals surface area contributed by atoms with E-state index in [-0.39, 0.29) is 10.2 Å². The topological polar surface area (TPSA) is 124 Å². The highest BCUT2D eigenvalue weighted by atomic mass is 32.2. The first kappa shape index (κ1) is 28.3. The van der Waals surface area contributed by atoms with Crippen LogP contribution in [0.15, 0.2) is 49.3 Å². The number of piperidine rings is 1. The molecular weight excluding hydrogens is 595 g/mol. The normalized spacial score (nSPS) is 17.8. The van der Waals surface area contributed by atoms with Gasteiger partial charge >= 0.3 is 6.30 Å². The second-order valence-electron chi connectivity index (χ2n) is 11.4. The summed E-state index contributed by atoms with van der Waals surface area (Å²) >= 11 is 0. The average Bonchev–Trinajstić information content (AvgIpc) is 3.94. The van der Waals surface area contributed by atoms with Crippen LogP contribution in [0.2, 0.25) is 0 Å².